The number of nitrogens with one attached hydrogen (secondary N) is 1. The van der Waals surface area contributed by atoms with Crippen molar-refractivity contribution in [1.82, 2.24) is 24.6 Å². The van der Waals surface area contributed by atoms with Crippen LogP contribution in [0.5, 0.6) is 0 Å². The van der Waals surface area contributed by atoms with E-state index in [0.29, 0.717) is 19.4 Å². The minimum atomic E-state index is -0.667. The van der Waals surface area contributed by atoms with Gasteiger partial charge in [-0.3, -0.25) is 10.3 Å². The van der Waals surface area contributed by atoms with Crippen LogP contribution < -0.4 is 5.32 Å². The number of rotatable bonds is 5. The largest absolute Gasteiger partial charge is 0.462 e. The highest BCUT2D eigenvalue weighted by Crippen LogP contribution is 2.34. The summed E-state index contributed by atoms with van der Waals surface area (Å²) < 4.78 is 34.5. The Hall–Kier alpha value is -3.60. The molecule has 1 atom stereocenters. The van der Waals surface area contributed by atoms with Gasteiger partial charge in [-0.2, -0.15) is 0 Å². The number of nitrogens with zero attached hydrogens (tertiary/aromatic N) is 5. The van der Waals surface area contributed by atoms with Gasteiger partial charge in [-0.25, -0.2) is 32.9 Å². The number of carbonyl (C=O) groups is 2. The van der Waals surface area contributed by atoms with Gasteiger partial charge in [0.1, 0.15) is 17.2 Å². The van der Waals surface area contributed by atoms with E-state index < -0.39 is 29.7 Å². The molecule has 9 nitrogen and oxygen atoms in total. The molecular weight excluding hydrogens is 422 g/mol. The van der Waals surface area contributed by atoms with Crippen molar-refractivity contribution in [2.45, 2.75) is 25.8 Å². The van der Waals surface area contributed by atoms with Crippen LogP contribution in [-0.2, 0) is 4.74 Å². The molecule has 0 aliphatic carbocycles. The minimum absolute atomic E-state index is 0.00770. The average Bonchev–Trinajstić information content (AvgIpc) is 3.39. The average molecular weight is 444 g/mol. The number of hydrazine groups is 1. The molecule has 2 aromatic heterocycles. The summed E-state index contributed by atoms with van der Waals surface area (Å²) in [6.07, 6.45) is 4.35. The molecule has 1 saturated heterocycles. The number of aromatic nitrogens is 3. The van der Waals surface area contributed by atoms with Crippen molar-refractivity contribution in [2.75, 3.05) is 25.5 Å². The second kappa shape index (κ2) is 8.87. The van der Waals surface area contributed by atoms with E-state index in [0.717, 1.165) is 18.2 Å². The fraction of sp³-hybridized carbons (Fsp3) is 0.333. The number of fused-ring (bicyclic) bond motifs is 1. The van der Waals surface area contributed by atoms with Gasteiger partial charge in [-0.05, 0) is 44.0 Å². The van der Waals surface area contributed by atoms with E-state index >= 15 is 0 Å². The van der Waals surface area contributed by atoms with Gasteiger partial charge in [0, 0.05) is 31.5 Å². The Morgan fingerprint density at radius 3 is 2.94 bits per heavy atom. The van der Waals surface area contributed by atoms with E-state index in [2.05, 4.69) is 15.4 Å². The van der Waals surface area contributed by atoms with Gasteiger partial charge in [0.15, 0.2) is 11.5 Å². The summed E-state index contributed by atoms with van der Waals surface area (Å²) >= 11 is 0. The van der Waals surface area contributed by atoms with E-state index in [-0.39, 0.29) is 29.2 Å². The highest BCUT2D eigenvalue weighted by atomic mass is 19.1. The van der Waals surface area contributed by atoms with Crippen LogP contribution in [0.25, 0.3) is 5.65 Å². The van der Waals surface area contributed by atoms with E-state index in [1.165, 1.54) is 22.8 Å². The zero-order valence-electron chi connectivity index (χ0n) is 17.6. The maximum atomic E-state index is 14.4. The highest BCUT2D eigenvalue weighted by Gasteiger charge is 2.34. The maximum absolute atomic E-state index is 14.4. The van der Waals surface area contributed by atoms with E-state index in [4.69, 9.17) is 4.74 Å². The van der Waals surface area contributed by atoms with Crippen LogP contribution >= 0.6 is 0 Å². The number of ether oxygens (including phenoxy) is 1. The monoisotopic (exact) mass is 444 g/mol. The Morgan fingerprint density at radius 2 is 2.16 bits per heavy atom. The Balaban J connectivity index is 1.60. The normalized spacial score (nSPS) is 16.3. The van der Waals surface area contributed by atoms with Gasteiger partial charge in [0.05, 0.1) is 12.6 Å². The van der Waals surface area contributed by atoms with Crippen molar-refractivity contribution in [2.24, 2.45) is 0 Å². The first-order valence-corrected chi connectivity index (χ1v) is 10.2. The lowest BCUT2D eigenvalue weighted by Crippen LogP contribution is -2.45. The minimum Gasteiger partial charge on any atom is -0.462 e. The predicted molar refractivity (Wildman–Crippen MR) is 111 cm³/mol. The fourth-order valence-electron chi connectivity index (χ4n) is 3.86. The van der Waals surface area contributed by atoms with Gasteiger partial charge < -0.3 is 4.74 Å². The smallest absolute Gasteiger partial charge is 0.345 e. The number of hydrogen-bond acceptors (Lipinski definition) is 6. The Kier molecular flexibility index (Phi) is 5.99. The molecule has 0 bridgehead atoms. The number of halogens is 2. The van der Waals surface area contributed by atoms with Crippen molar-refractivity contribution in [1.29, 1.82) is 0 Å². The first-order chi connectivity index (χ1) is 15.4. The topological polar surface area (TPSA) is 92.1 Å². The third kappa shape index (κ3) is 3.98. The summed E-state index contributed by atoms with van der Waals surface area (Å²) in [4.78, 5) is 29.7. The lowest BCUT2D eigenvalue weighted by molar-refractivity contribution is 0.0277. The van der Waals surface area contributed by atoms with Crippen molar-refractivity contribution in [3.8, 4) is 0 Å². The molecule has 0 radical (unpaired) electrons. The van der Waals surface area contributed by atoms with Crippen molar-refractivity contribution in [3.63, 3.8) is 0 Å². The quantitative estimate of drug-likeness (QED) is 0.607. The van der Waals surface area contributed by atoms with Gasteiger partial charge in [0.2, 0.25) is 0 Å². The third-order valence-electron chi connectivity index (χ3n) is 5.32. The maximum Gasteiger partial charge on any atom is 0.345 e. The van der Waals surface area contributed by atoms with E-state index in [1.54, 1.807) is 24.2 Å². The molecule has 1 unspecified atom stereocenters. The van der Waals surface area contributed by atoms with Crippen molar-refractivity contribution >= 4 is 23.5 Å². The van der Waals surface area contributed by atoms with Crippen LogP contribution in [0.1, 0.15) is 41.7 Å². The predicted octanol–water partition coefficient (Wildman–Crippen LogP) is 3.40. The number of hydrogen-bond donors (Lipinski definition) is 1. The number of anilines is 1. The molecule has 0 spiro atoms. The Morgan fingerprint density at radius 1 is 1.34 bits per heavy atom. The number of benzene rings is 1. The molecular formula is C21H22F2N6O3. The van der Waals surface area contributed by atoms with Crippen LogP contribution in [0.15, 0.2) is 36.7 Å². The standard InChI is InChI=1S/C21H22F2N6O3/c1-3-32-20(30)17-18(26-28-10-5-9-24-19(17)28)25-21(31)27(2)29-11-4-6-16(29)14-12-13(22)7-8-15(14)23/h5,7-10,12,16H,3-4,6,11H2,1-2H3,(H,25,26,31). The van der Waals surface area contributed by atoms with Gasteiger partial charge in [0.25, 0.3) is 0 Å². The van der Waals surface area contributed by atoms with E-state index in [1.807, 2.05) is 0 Å². The lowest BCUT2D eigenvalue weighted by Gasteiger charge is -2.33. The molecule has 0 saturated carbocycles. The van der Waals surface area contributed by atoms with Gasteiger partial charge in [-0.1, -0.05) is 0 Å². The van der Waals surface area contributed by atoms with Crippen LogP contribution in [0.3, 0.4) is 0 Å². The molecule has 2 amide bonds. The molecule has 168 valence electrons. The zero-order valence-corrected chi connectivity index (χ0v) is 17.6. The molecule has 4 rings (SSSR count). The summed E-state index contributed by atoms with van der Waals surface area (Å²) in [6.45, 7) is 2.29. The third-order valence-corrected chi connectivity index (χ3v) is 5.32. The SMILES string of the molecule is CCOC(=O)c1c(NC(=O)N(C)N2CCCC2c2cc(F)ccc2F)nn2cccnc12. The van der Waals surface area contributed by atoms with Crippen LogP contribution in [0.2, 0.25) is 0 Å². The second-order valence-electron chi connectivity index (χ2n) is 7.27. The molecule has 3 heterocycles. The summed E-state index contributed by atoms with van der Waals surface area (Å²) in [5.41, 5.74) is 0.458. The number of amides is 2. The van der Waals surface area contributed by atoms with Crippen molar-refractivity contribution < 1.29 is 23.1 Å². The van der Waals surface area contributed by atoms with Gasteiger partial charge >= 0.3 is 12.0 Å². The van der Waals surface area contributed by atoms with Crippen molar-refractivity contribution in [3.05, 3.63) is 59.4 Å². The molecule has 32 heavy (non-hydrogen) atoms. The molecule has 3 aromatic rings. The second-order valence-corrected chi connectivity index (χ2v) is 7.27. The molecule has 1 aliphatic rings. The number of carbonyl (C=O) groups excluding carboxylic acids is 2. The summed E-state index contributed by atoms with van der Waals surface area (Å²) in [7, 11) is 1.52. The van der Waals surface area contributed by atoms with Gasteiger partial charge in [-0.15, -0.1) is 5.10 Å². The molecule has 11 heteroatoms. The first-order valence-electron chi connectivity index (χ1n) is 10.2. The molecule has 1 N–H and O–H groups in total. The van der Waals surface area contributed by atoms with E-state index in [9.17, 15) is 18.4 Å². The van der Waals surface area contributed by atoms with Crippen LogP contribution in [0, 0.1) is 11.6 Å². The van der Waals surface area contributed by atoms with Crippen LogP contribution in [0.4, 0.5) is 19.4 Å². The highest BCUT2D eigenvalue weighted by molar-refractivity contribution is 6.04. The zero-order chi connectivity index (χ0) is 22.8. The lowest BCUT2D eigenvalue weighted by atomic mass is 10.0. The number of esters is 1. The summed E-state index contributed by atoms with van der Waals surface area (Å²) in [5.74, 6) is -1.75. The molecule has 1 aromatic carbocycles. The van der Waals surface area contributed by atoms with Crippen LogP contribution in [-0.4, -0.2) is 56.8 Å². The number of urea groups is 1. The first kappa shape index (κ1) is 21.6. The summed E-state index contributed by atoms with van der Waals surface area (Å²) in [6, 6.07) is 3.82. The molecule has 1 fully saturated rings. The Labute approximate surface area is 182 Å². The summed E-state index contributed by atoms with van der Waals surface area (Å²) in [5, 5.41) is 9.80. The Bertz CT molecular complexity index is 1170. The molecule has 1 aliphatic heterocycles. The fourth-order valence-corrected chi connectivity index (χ4v) is 3.86.